The SMILES string of the molecule is Cn1cc(Nc2ncc(-c3ccc(C(F)(F)F)cc3)c(Nc3cc(N)cc(F)c3)n2)c(Cl)n1. The standard InChI is InChI=1S/C21H16ClF4N7/c1-33-10-17(18(22)32-33)30-20-28-9-16(11-2-4-12(5-3-11)21(24,25)26)19(31-20)29-15-7-13(23)6-14(27)8-15/h2-10H,27H2,1H3,(H2,28,29,30,31). The van der Waals surface area contributed by atoms with Crippen molar-refractivity contribution in [1.82, 2.24) is 19.7 Å². The minimum Gasteiger partial charge on any atom is -0.399 e. The number of anilines is 5. The molecule has 2 heterocycles. The molecule has 4 rings (SSSR count). The van der Waals surface area contributed by atoms with Gasteiger partial charge >= 0.3 is 6.18 Å². The van der Waals surface area contributed by atoms with Gasteiger partial charge in [-0.25, -0.2) is 9.37 Å². The lowest BCUT2D eigenvalue weighted by molar-refractivity contribution is -0.137. The fourth-order valence-corrected chi connectivity index (χ4v) is 3.29. The molecule has 2 aromatic heterocycles. The maximum absolute atomic E-state index is 13.8. The maximum atomic E-state index is 13.8. The first kappa shape index (κ1) is 22.3. The number of nitrogens with zero attached hydrogens (tertiary/aromatic N) is 4. The van der Waals surface area contributed by atoms with Gasteiger partial charge in [0.2, 0.25) is 5.95 Å². The number of nitrogens with two attached hydrogens (primary N) is 1. The van der Waals surface area contributed by atoms with E-state index < -0.39 is 17.6 Å². The average Bonchev–Trinajstić information content (AvgIpc) is 3.03. The van der Waals surface area contributed by atoms with E-state index in [0.717, 1.165) is 18.2 Å². The van der Waals surface area contributed by atoms with Crippen molar-refractivity contribution >= 4 is 40.4 Å². The Balaban J connectivity index is 1.75. The van der Waals surface area contributed by atoms with Crippen LogP contribution in [0.5, 0.6) is 0 Å². The fraction of sp³-hybridized carbons (Fsp3) is 0.0952. The van der Waals surface area contributed by atoms with E-state index in [1.54, 1.807) is 13.2 Å². The molecule has 33 heavy (non-hydrogen) atoms. The van der Waals surface area contributed by atoms with Crippen molar-refractivity contribution < 1.29 is 17.6 Å². The molecule has 12 heteroatoms. The summed E-state index contributed by atoms with van der Waals surface area (Å²) < 4.78 is 54.2. The highest BCUT2D eigenvalue weighted by Crippen LogP contribution is 2.34. The summed E-state index contributed by atoms with van der Waals surface area (Å²) in [6.45, 7) is 0. The summed E-state index contributed by atoms with van der Waals surface area (Å²) in [4.78, 5) is 8.64. The highest BCUT2D eigenvalue weighted by Gasteiger charge is 2.30. The van der Waals surface area contributed by atoms with Gasteiger partial charge in [-0.15, -0.1) is 0 Å². The summed E-state index contributed by atoms with van der Waals surface area (Å²) in [5.74, 6) is -0.229. The van der Waals surface area contributed by atoms with Crippen LogP contribution >= 0.6 is 11.6 Å². The van der Waals surface area contributed by atoms with Crippen LogP contribution in [0.2, 0.25) is 5.15 Å². The molecule has 2 aromatic carbocycles. The number of hydrogen-bond donors (Lipinski definition) is 3. The van der Waals surface area contributed by atoms with Crippen LogP contribution in [0.4, 0.5) is 46.4 Å². The summed E-state index contributed by atoms with van der Waals surface area (Å²) in [5, 5.41) is 10.1. The Labute approximate surface area is 190 Å². The molecular weight excluding hydrogens is 462 g/mol. The van der Waals surface area contributed by atoms with Crippen molar-refractivity contribution in [2.75, 3.05) is 16.4 Å². The molecule has 0 saturated carbocycles. The first-order valence-electron chi connectivity index (χ1n) is 9.42. The second-order valence-electron chi connectivity index (χ2n) is 7.06. The number of rotatable bonds is 5. The van der Waals surface area contributed by atoms with Gasteiger partial charge in [0.15, 0.2) is 5.15 Å². The predicted molar refractivity (Wildman–Crippen MR) is 118 cm³/mol. The Bertz CT molecular complexity index is 1280. The zero-order valence-corrected chi connectivity index (χ0v) is 17.7. The van der Waals surface area contributed by atoms with Gasteiger partial charge in [-0.1, -0.05) is 23.7 Å². The van der Waals surface area contributed by atoms with Crippen LogP contribution in [0.25, 0.3) is 11.1 Å². The maximum Gasteiger partial charge on any atom is 0.416 e. The highest BCUT2D eigenvalue weighted by molar-refractivity contribution is 6.32. The summed E-state index contributed by atoms with van der Waals surface area (Å²) in [6.07, 6.45) is -1.42. The van der Waals surface area contributed by atoms with E-state index in [1.165, 1.54) is 35.1 Å². The van der Waals surface area contributed by atoms with Gasteiger partial charge in [-0.2, -0.15) is 23.3 Å². The minimum absolute atomic E-state index is 0.132. The van der Waals surface area contributed by atoms with Gasteiger partial charge in [0.25, 0.3) is 0 Å². The number of nitrogens with one attached hydrogen (secondary N) is 2. The number of alkyl halides is 3. The van der Waals surface area contributed by atoms with Crippen molar-refractivity contribution in [3.05, 3.63) is 71.4 Å². The molecule has 0 aliphatic heterocycles. The number of aromatic nitrogens is 4. The zero-order valence-electron chi connectivity index (χ0n) is 17.0. The normalized spacial score (nSPS) is 11.5. The number of hydrogen-bond acceptors (Lipinski definition) is 6. The van der Waals surface area contributed by atoms with E-state index in [0.29, 0.717) is 22.5 Å². The van der Waals surface area contributed by atoms with Gasteiger partial charge in [-0.05, 0) is 35.9 Å². The first-order chi connectivity index (χ1) is 15.6. The van der Waals surface area contributed by atoms with Crippen molar-refractivity contribution in [2.24, 2.45) is 7.05 Å². The highest BCUT2D eigenvalue weighted by atomic mass is 35.5. The van der Waals surface area contributed by atoms with E-state index in [1.807, 2.05) is 0 Å². The van der Waals surface area contributed by atoms with E-state index in [-0.39, 0.29) is 22.6 Å². The third-order valence-corrected chi connectivity index (χ3v) is 4.80. The lowest BCUT2D eigenvalue weighted by Gasteiger charge is -2.14. The number of benzene rings is 2. The molecule has 0 aliphatic carbocycles. The van der Waals surface area contributed by atoms with Crippen LogP contribution in [0.3, 0.4) is 0 Å². The molecule has 0 spiro atoms. The lowest BCUT2D eigenvalue weighted by Crippen LogP contribution is -2.05. The Morgan fingerprint density at radius 3 is 2.39 bits per heavy atom. The quantitative estimate of drug-likeness (QED) is 0.250. The number of halogens is 5. The molecule has 0 aliphatic rings. The Kier molecular flexibility index (Phi) is 5.81. The molecule has 0 saturated heterocycles. The van der Waals surface area contributed by atoms with Crippen molar-refractivity contribution in [3.63, 3.8) is 0 Å². The van der Waals surface area contributed by atoms with Crippen LogP contribution in [-0.2, 0) is 13.2 Å². The molecule has 170 valence electrons. The molecule has 0 bridgehead atoms. The largest absolute Gasteiger partial charge is 0.416 e. The molecule has 0 fully saturated rings. The van der Waals surface area contributed by atoms with Crippen molar-refractivity contribution in [3.8, 4) is 11.1 Å². The monoisotopic (exact) mass is 477 g/mol. The number of aryl methyl sites for hydroxylation is 1. The predicted octanol–water partition coefficient (Wildman–Crippen LogP) is 5.76. The van der Waals surface area contributed by atoms with Crippen LogP contribution in [0.1, 0.15) is 5.56 Å². The van der Waals surface area contributed by atoms with Gasteiger partial charge in [0.1, 0.15) is 11.6 Å². The summed E-state index contributed by atoms with van der Waals surface area (Å²) in [5.41, 5.74) is 6.65. The first-order valence-corrected chi connectivity index (χ1v) is 9.80. The Morgan fingerprint density at radius 1 is 1.06 bits per heavy atom. The molecular formula is C21H16ClF4N7. The van der Waals surface area contributed by atoms with Gasteiger partial charge < -0.3 is 16.4 Å². The Morgan fingerprint density at radius 2 is 1.79 bits per heavy atom. The summed E-state index contributed by atoms with van der Waals surface area (Å²) in [7, 11) is 1.69. The summed E-state index contributed by atoms with van der Waals surface area (Å²) in [6, 6.07) is 8.38. The second-order valence-corrected chi connectivity index (χ2v) is 7.42. The topological polar surface area (TPSA) is 93.7 Å². The number of nitrogen functional groups attached to an aromatic ring is 1. The van der Waals surface area contributed by atoms with E-state index in [4.69, 9.17) is 17.3 Å². The third-order valence-electron chi connectivity index (χ3n) is 4.53. The smallest absolute Gasteiger partial charge is 0.399 e. The van der Waals surface area contributed by atoms with Crippen LogP contribution in [0, 0.1) is 5.82 Å². The molecule has 0 atom stereocenters. The molecule has 0 radical (unpaired) electrons. The van der Waals surface area contributed by atoms with Gasteiger partial charge in [0, 0.05) is 36.4 Å². The lowest BCUT2D eigenvalue weighted by atomic mass is 10.1. The van der Waals surface area contributed by atoms with Gasteiger partial charge in [0.05, 0.1) is 11.3 Å². The van der Waals surface area contributed by atoms with Crippen molar-refractivity contribution in [1.29, 1.82) is 0 Å². The van der Waals surface area contributed by atoms with E-state index in [2.05, 4.69) is 25.7 Å². The zero-order chi connectivity index (χ0) is 23.8. The van der Waals surface area contributed by atoms with Crippen molar-refractivity contribution in [2.45, 2.75) is 6.18 Å². The van der Waals surface area contributed by atoms with Crippen LogP contribution in [-0.4, -0.2) is 19.7 Å². The van der Waals surface area contributed by atoms with E-state index >= 15 is 0 Å². The second kappa shape index (κ2) is 8.58. The molecule has 0 amide bonds. The molecule has 4 N–H and O–H groups in total. The molecule has 0 unspecified atom stereocenters. The molecule has 4 aromatic rings. The van der Waals surface area contributed by atoms with Gasteiger partial charge in [-0.3, -0.25) is 4.68 Å². The molecule has 7 nitrogen and oxygen atoms in total. The fourth-order valence-electron chi connectivity index (χ4n) is 3.07. The summed E-state index contributed by atoms with van der Waals surface area (Å²) >= 11 is 6.07. The van der Waals surface area contributed by atoms with E-state index in [9.17, 15) is 17.6 Å². The van der Waals surface area contributed by atoms with Crippen LogP contribution in [0.15, 0.2) is 54.9 Å². The minimum atomic E-state index is -4.47. The third kappa shape index (κ3) is 5.14. The van der Waals surface area contributed by atoms with Crippen LogP contribution < -0.4 is 16.4 Å². The Hall–Kier alpha value is -3.86. The average molecular weight is 478 g/mol.